The van der Waals surface area contributed by atoms with Crippen LogP contribution in [0, 0.1) is 6.92 Å². The summed E-state index contributed by atoms with van der Waals surface area (Å²) in [6, 6.07) is 9.44. The number of hydrogen-bond acceptors (Lipinski definition) is 6. The molecule has 0 bridgehead atoms. The third-order valence-corrected chi connectivity index (χ3v) is 5.12. The lowest BCUT2D eigenvalue weighted by Crippen LogP contribution is -2.33. The van der Waals surface area contributed by atoms with E-state index in [4.69, 9.17) is 4.42 Å². The summed E-state index contributed by atoms with van der Waals surface area (Å²) in [5.41, 5.74) is 1.83. The molecular weight excluding hydrogens is 358 g/mol. The molecule has 1 atom stereocenters. The molecule has 0 spiro atoms. The Kier molecular flexibility index (Phi) is 5.21. The maximum absolute atomic E-state index is 12.5. The van der Waals surface area contributed by atoms with Crippen LogP contribution >= 0.6 is 0 Å². The molecule has 146 valence electrons. The number of carbonyl (C=O) groups is 1. The number of nitrogens with zero attached hydrogens (tertiary/aromatic N) is 3. The Morgan fingerprint density at radius 1 is 1.39 bits per heavy atom. The minimum absolute atomic E-state index is 0.0657. The predicted molar refractivity (Wildman–Crippen MR) is 104 cm³/mol. The van der Waals surface area contributed by atoms with E-state index in [1.54, 1.807) is 11.6 Å². The van der Waals surface area contributed by atoms with Crippen molar-refractivity contribution in [3.63, 3.8) is 0 Å². The fourth-order valence-electron chi connectivity index (χ4n) is 3.65. The number of aryl methyl sites for hydroxylation is 1. The molecule has 4 rings (SSSR count). The van der Waals surface area contributed by atoms with Crippen LogP contribution in [-0.4, -0.2) is 40.5 Å². The third-order valence-electron chi connectivity index (χ3n) is 5.12. The molecule has 1 fully saturated rings. The zero-order chi connectivity index (χ0) is 19.5. The zero-order valence-corrected chi connectivity index (χ0v) is 15.8. The van der Waals surface area contributed by atoms with Crippen molar-refractivity contribution in [3.05, 3.63) is 57.6 Å². The van der Waals surface area contributed by atoms with Gasteiger partial charge in [-0.3, -0.25) is 4.79 Å². The van der Waals surface area contributed by atoms with Crippen LogP contribution in [0.15, 0.2) is 39.5 Å². The van der Waals surface area contributed by atoms with E-state index in [1.165, 1.54) is 0 Å². The number of rotatable bonds is 5. The molecule has 2 aromatic heterocycles. The summed E-state index contributed by atoms with van der Waals surface area (Å²) < 4.78 is 7.20. The maximum atomic E-state index is 12.5. The Morgan fingerprint density at radius 3 is 3.04 bits per heavy atom. The molecule has 0 saturated carbocycles. The van der Waals surface area contributed by atoms with E-state index >= 15 is 0 Å². The predicted octanol–water partition coefficient (Wildman–Crippen LogP) is 1.59. The molecule has 8 heteroatoms. The van der Waals surface area contributed by atoms with Crippen LogP contribution in [0.5, 0.6) is 0 Å². The summed E-state index contributed by atoms with van der Waals surface area (Å²) in [6.07, 6.45) is 2.03. The molecule has 1 amide bonds. The van der Waals surface area contributed by atoms with Crippen LogP contribution in [0.3, 0.4) is 0 Å². The van der Waals surface area contributed by atoms with Crippen LogP contribution in [0.25, 0.3) is 11.0 Å². The smallest absolute Gasteiger partial charge is 0.349 e. The second-order valence-electron chi connectivity index (χ2n) is 7.09. The van der Waals surface area contributed by atoms with Crippen LogP contribution in [0.2, 0.25) is 0 Å². The average Bonchev–Trinajstić information content (AvgIpc) is 3.11. The van der Waals surface area contributed by atoms with Crippen molar-refractivity contribution in [3.8, 4) is 0 Å². The van der Waals surface area contributed by atoms with Gasteiger partial charge in [-0.15, -0.1) is 5.10 Å². The summed E-state index contributed by atoms with van der Waals surface area (Å²) in [5, 5.41) is 14.3. The second-order valence-corrected chi connectivity index (χ2v) is 7.09. The highest BCUT2D eigenvalue weighted by Crippen LogP contribution is 2.23. The summed E-state index contributed by atoms with van der Waals surface area (Å²) in [5.74, 6) is 0.405. The quantitative estimate of drug-likeness (QED) is 0.696. The summed E-state index contributed by atoms with van der Waals surface area (Å²) in [7, 11) is 0. The van der Waals surface area contributed by atoms with Crippen LogP contribution in [0.4, 0.5) is 0 Å². The molecule has 0 aliphatic carbocycles. The number of benzene rings is 1. The van der Waals surface area contributed by atoms with E-state index in [0.29, 0.717) is 24.4 Å². The Balaban J connectivity index is 1.43. The monoisotopic (exact) mass is 381 g/mol. The Hall–Kier alpha value is -3.00. The molecule has 2 N–H and O–H groups in total. The van der Waals surface area contributed by atoms with Gasteiger partial charge in [0.25, 0.3) is 5.91 Å². The third kappa shape index (κ3) is 3.68. The molecular formula is C20H23N5O3. The molecule has 8 nitrogen and oxygen atoms in total. The average molecular weight is 381 g/mol. The lowest BCUT2D eigenvalue weighted by molar-refractivity contribution is 0.0946. The first-order valence-corrected chi connectivity index (χ1v) is 9.55. The number of piperidine rings is 1. The van der Waals surface area contributed by atoms with Gasteiger partial charge >= 0.3 is 5.63 Å². The van der Waals surface area contributed by atoms with E-state index in [-0.39, 0.29) is 11.5 Å². The largest absolute Gasteiger partial charge is 0.427 e. The first-order chi connectivity index (χ1) is 13.6. The maximum Gasteiger partial charge on any atom is 0.349 e. The van der Waals surface area contributed by atoms with Gasteiger partial charge in [0.2, 0.25) is 0 Å². The van der Waals surface area contributed by atoms with Gasteiger partial charge in [-0.2, -0.15) is 0 Å². The van der Waals surface area contributed by atoms with Gasteiger partial charge in [0.15, 0.2) is 0 Å². The minimum atomic E-state index is -0.579. The van der Waals surface area contributed by atoms with Gasteiger partial charge in [0, 0.05) is 19.0 Å². The first kappa shape index (κ1) is 18.4. The minimum Gasteiger partial charge on any atom is -0.427 e. The number of para-hydroxylation sites is 1. The molecule has 3 aromatic rings. The molecule has 1 saturated heterocycles. The molecule has 28 heavy (non-hydrogen) atoms. The van der Waals surface area contributed by atoms with E-state index in [2.05, 4.69) is 20.9 Å². The van der Waals surface area contributed by atoms with Crippen LogP contribution in [-0.2, 0) is 6.54 Å². The Labute approximate surface area is 161 Å². The highest BCUT2D eigenvalue weighted by atomic mass is 16.4. The molecule has 0 radical (unpaired) electrons. The van der Waals surface area contributed by atoms with E-state index in [1.807, 2.05) is 30.3 Å². The fourth-order valence-corrected chi connectivity index (χ4v) is 3.65. The van der Waals surface area contributed by atoms with Crippen LogP contribution in [0.1, 0.15) is 40.4 Å². The number of aromatic nitrogens is 3. The molecule has 1 aromatic carbocycles. The van der Waals surface area contributed by atoms with Crippen molar-refractivity contribution < 1.29 is 9.21 Å². The standard InChI is InChI=1S/C20H23N5O3/c1-13-11-17(14-5-4-8-21-12-14)28-20(27)18(13)19(26)22-9-10-25-16-7-3-2-6-15(16)23-24-25/h2-3,6-7,11,14,21H,4-5,8-10,12H2,1H3,(H,22,26). The zero-order valence-electron chi connectivity index (χ0n) is 15.8. The summed E-state index contributed by atoms with van der Waals surface area (Å²) in [4.78, 5) is 25.0. The molecule has 1 aliphatic rings. The summed E-state index contributed by atoms with van der Waals surface area (Å²) >= 11 is 0. The van der Waals surface area contributed by atoms with E-state index < -0.39 is 11.5 Å². The van der Waals surface area contributed by atoms with E-state index in [9.17, 15) is 9.59 Å². The number of carbonyl (C=O) groups excluding carboxylic acids is 1. The van der Waals surface area contributed by atoms with E-state index in [0.717, 1.165) is 37.0 Å². The summed E-state index contributed by atoms with van der Waals surface area (Å²) in [6.45, 7) is 4.35. The number of hydrogen-bond donors (Lipinski definition) is 2. The molecule has 3 heterocycles. The first-order valence-electron chi connectivity index (χ1n) is 9.55. The Bertz CT molecular complexity index is 1050. The number of amides is 1. The Morgan fingerprint density at radius 2 is 2.25 bits per heavy atom. The van der Waals surface area contributed by atoms with Gasteiger partial charge in [0.05, 0.1) is 12.1 Å². The highest BCUT2D eigenvalue weighted by molar-refractivity contribution is 5.95. The van der Waals surface area contributed by atoms with Crippen molar-refractivity contribution in [2.45, 2.75) is 32.2 Å². The molecule has 1 unspecified atom stereocenters. The topological polar surface area (TPSA) is 102 Å². The van der Waals surface area contributed by atoms with Crippen molar-refractivity contribution >= 4 is 16.9 Å². The van der Waals surface area contributed by atoms with Crippen molar-refractivity contribution in [2.75, 3.05) is 19.6 Å². The molecule has 1 aliphatic heterocycles. The van der Waals surface area contributed by atoms with Gasteiger partial charge < -0.3 is 15.1 Å². The second kappa shape index (κ2) is 7.93. The van der Waals surface area contributed by atoms with Gasteiger partial charge in [0.1, 0.15) is 16.8 Å². The van der Waals surface area contributed by atoms with Crippen molar-refractivity contribution in [1.82, 2.24) is 25.6 Å². The highest BCUT2D eigenvalue weighted by Gasteiger charge is 2.22. The normalized spacial score (nSPS) is 17.0. The lowest BCUT2D eigenvalue weighted by Gasteiger charge is -2.22. The van der Waals surface area contributed by atoms with Crippen molar-refractivity contribution in [1.29, 1.82) is 0 Å². The van der Waals surface area contributed by atoms with Gasteiger partial charge in [-0.05, 0) is 50.1 Å². The fraction of sp³-hybridized carbons (Fsp3) is 0.400. The van der Waals surface area contributed by atoms with Gasteiger partial charge in [-0.1, -0.05) is 17.3 Å². The van der Waals surface area contributed by atoms with Crippen LogP contribution < -0.4 is 16.3 Å². The number of fused-ring (bicyclic) bond motifs is 1. The van der Waals surface area contributed by atoms with Crippen molar-refractivity contribution in [2.24, 2.45) is 0 Å². The number of nitrogens with one attached hydrogen (secondary N) is 2. The SMILES string of the molecule is Cc1cc(C2CCCNC2)oc(=O)c1C(=O)NCCn1nnc2ccccc21. The lowest BCUT2D eigenvalue weighted by atomic mass is 9.95. The van der Waals surface area contributed by atoms with Gasteiger partial charge in [-0.25, -0.2) is 9.48 Å².